The Morgan fingerprint density at radius 1 is 1.23 bits per heavy atom. The molecule has 3 atom stereocenters. The molecule has 0 saturated carbocycles. The van der Waals surface area contributed by atoms with Gasteiger partial charge in [-0.3, -0.25) is 4.98 Å². The average molecular weight is 419 g/mol. The lowest BCUT2D eigenvalue weighted by Crippen LogP contribution is -2.55. The summed E-state index contributed by atoms with van der Waals surface area (Å²) in [5, 5.41) is 21.7. The number of pyridine rings is 1. The van der Waals surface area contributed by atoms with Crippen LogP contribution in [0.4, 0.5) is 18.9 Å². The molecule has 11 heteroatoms. The molecule has 1 aromatic carbocycles. The van der Waals surface area contributed by atoms with E-state index in [-0.39, 0.29) is 41.7 Å². The predicted octanol–water partition coefficient (Wildman–Crippen LogP) is 1.61. The van der Waals surface area contributed by atoms with Crippen molar-refractivity contribution >= 4 is 11.7 Å². The maximum absolute atomic E-state index is 15.5. The number of aliphatic imine (C=N–C) groups is 1. The summed E-state index contributed by atoms with van der Waals surface area (Å²) in [6, 6.07) is 5.94. The number of hydrogen-bond donors (Lipinski definition) is 3. The molecule has 156 valence electrons. The van der Waals surface area contributed by atoms with Crippen molar-refractivity contribution in [2.45, 2.75) is 17.4 Å². The minimum atomic E-state index is -2.14. The summed E-state index contributed by atoms with van der Waals surface area (Å²) in [5.41, 5.74) is 1.32. The number of benzene rings is 1. The van der Waals surface area contributed by atoms with Crippen LogP contribution in [0.5, 0.6) is 0 Å². The van der Waals surface area contributed by atoms with Gasteiger partial charge in [0.2, 0.25) is 0 Å². The Hall–Kier alpha value is -3.36. The topological polar surface area (TPSA) is 126 Å². The Bertz CT molecular complexity index is 1080. The fourth-order valence-electron chi connectivity index (χ4n) is 3.56. The molecule has 3 heterocycles. The number of hydrogen-bond acceptors (Lipinski definition) is 8. The Morgan fingerprint density at radius 2 is 2.03 bits per heavy atom. The number of aliphatic hydroxyl groups excluding tert-OH is 1. The van der Waals surface area contributed by atoms with E-state index in [9.17, 15) is 13.9 Å². The standard InChI is InChI=1S/C19H16F3N5O3/c20-13-2-1-11(26-16(28)15-14(21)3-10(5-23)6-25-15)4-12(13)19-9-29-7-18(19,22)8-30-17(24)27-19/h1-4,6,16,26,28H,7-9H2,(H2,24,27)/t16?,18-,19-/m1/s1. The molecule has 0 bridgehead atoms. The lowest BCUT2D eigenvalue weighted by molar-refractivity contribution is 0.00904. The van der Waals surface area contributed by atoms with Crippen LogP contribution >= 0.6 is 0 Å². The highest BCUT2D eigenvalue weighted by Crippen LogP contribution is 2.48. The quantitative estimate of drug-likeness (QED) is 0.643. The first-order valence-electron chi connectivity index (χ1n) is 8.83. The number of halogens is 3. The summed E-state index contributed by atoms with van der Waals surface area (Å²) >= 11 is 0. The van der Waals surface area contributed by atoms with Gasteiger partial charge in [0.05, 0.1) is 18.8 Å². The third-order valence-electron chi connectivity index (χ3n) is 5.11. The molecule has 4 rings (SSSR count). The monoisotopic (exact) mass is 419 g/mol. The van der Waals surface area contributed by atoms with Gasteiger partial charge in [0, 0.05) is 17.4 Å². The number of aromatic nitrogens is 1. The first kappa shape index (κ1) is 19.9. The van der Waals surface area contributed by atoms with Crippen LogP contribution in [0, 0.1) is 23.0 Å². The largest absolute Gasteiger partial charge is 0.462 e. The van der Waals surface area contributed by atoms with Gasteiger partial charge in [0.25, 0.3) is 6.02 Å². The zero-order chi connectivity index (χ0) is 21.5. The van der Waals surface area contributed by atoms with Crippen LogP contribution < -0.4 is 11.1 Å². The van der Waals surface area contributed by atoms with Crippen LogP contribution in [0.15, 0.2) is 35.5 Å². The Balaban J connectivity index is 1.69. The van der Waals surface area contributed by atoms with Crippen molar-refractivity contribution in [2.75, 3.05) is 25.1 Å². The van der Waals surface area contributed by atoms with Crippen LogP contribution in [-0.2, 0) is 15.0 Å². The molecule has 8 nitrogen and oxygen atoms in total. The number of fused-ring (bicyclic) bond motifs is 1. The van der Waals surface area contributed by atoms with E-state index in [1.807, 2.05) is 0 Å². The smallest absolute Gasteiger partial charge is 0.283 e. The van der Waals surface area contributed by atoms with Gasteiger partial charge in [-0.25, -0.2) is 18.2 Å². The first-order chi connectivity index (χ1) is 14.3. The highest BCUT2D eigenvalue weighted by atomic mass is 19.1. The number of amidine groups is 1. The molecule has 2 aliphatic rings. The molecular weight excluding hydrogens is 403 g/mol. The average Bonchev–Trinajstić information content (AvgIpc) is 3.06. The lowest BCUT2D eigenvalue weighted by atomic mass is 9.78. The fraction of sp³-hybridized carbons (Fsp3) is 0.316. The Labute approximate surface area is 168 Å². The van der Waals surface area contributed by atoms with Crippen molar-refractivity contribution in [1.29, 1.82) is 5.26 Å². The third-order valence-corrected chi connectivity index (χ3v) is 5.11. The molecule has 30 heavy (non-hydrogen) atoms. The Kier molecular flexibility index (Phi) is 4.76. The maximum atomic E-state index is 15.5. The number of rotatable bonds is 4. The van der Waals surface area contributed by atoms with Crippen molar-refractivity contribution in [1.82, 2.24) is 4.98 Å². The van der Waals surface area contributed by atoms with E-state index in [1.165, 1.54) is 12.1 Å². The second kappa shape index (κ2) is 7.16. The zero-order valence-corrected chi connectivity index (χ0v) is 15.4. The van der Waals surface area contributed by atoms with Gasteiger partial charge < -0.3 is 25.6 Å². The fourth-order valence-corrected chi connectivity index (χ4v) is 3.56. The summed E-state index contributed by atoms with van der Waals surface area (Å²) in [6.07, 6.45) is -0.516. The van der Waals surface area contributed by atoms with Crippen molar-refractivity contribution in [2.24, 2.45) is 10.7 Å². The van der Waals surface area contributed by atoms with E-state index in [1.54, 1.807) is 6.07 Å². The zero-order valence-electron chi connectivity index (χ0n) is 15.4. The number of nitrogens with one attached hydrogen (secondary N) is 1. The highest BCUT2D eigenvalue weighted by Gasteiger charge is 2.62. The lowest BCUT2D eigenvalue weighted by Gasteiger charge is -2.38. The van der Waals surface area contributed by atoms with Crippen molar-refractivity contribution in [3.8, 4) is 6.07 Å². The van der Waals surface area contributed by atoms with Crippen LogP contribution in [0.1, 0.15) is 23.0 Å². The predicted molar refractivity (Wildman–Crippen MR) is 97.8 cm³/mol. The van der Waals surface area contributed by atoms with Crippen LogP contribution in [-0.4, -0.2) is 41.6 Å². The second-order valence-electron chi connectivity index (χ2n) is 7.00. The van der Waals surface area contributed by atoms with E-state index in [2.05, 4.69) is 15.3 Å². The van der Waals surface area contributed by atoms with Crippen molar-refractivity contribution in [3.63, 3.8) is 0 Å². The van der Waals surface area contributed by atoms with Crippen LogP contribution in [0.3, 0.4) is 0 Å². The summed E-state index contributed by atoms with van der Waals surface area (Å²) < 4.78 is 54.6. The van der Waals surface area contributed by atoms with Gasteiger partial charge in [-0.1, -0.05) is 0 Å². The first-order valence-corrected chi connectivity index (χ1v) is 8.83. The highest BCUT2D eigenvalue weighted by molar-refractivity contribution is 5.74. The molecule has 4 N–H and O–H groups in total. The van der Waals surface area contributed by atoms with E-state index < -0.39 is 35.7 Å². The molecule has 1 fully saturated rings. The molecule has 0 spiro atoms. The minimum absolute atomic E-state index is 0.0119. The number of anilines is 1. The number of aliphatic hydroxyl groups is 1. The molecule has 2 aliphatic heterocycles. The number of nitriles is 1. The molecule has 0 amide bonds. The summed E-state index contributed by atoms with van der Waals surface area (Å²) in [7, 11) is 0. The number of nitrogens with two attached hydrogens (primary N) is 1. The van der Waals surface area contributed by atoms with E-state index in [4.69, 9.17) is 20.5 Å². The van der Waals surface area contributed by atoms with E-state index >= 15 is 4.39 Å². The summed E-state index contributed by atoms with van der Waals surface area (Å²) in [5.74, 6) is -1.66. The molecule has 1 aromatic heterocycles. The van der Waals surface area contributed by atoms with Gasteiger partial charge in [0.1, 0.15) is 24.2 Å². The maximum Gasteiger partial charge on any atom is 0.283 e. The SMILES string of the molecule is N#Cc1cnc(C(O)Nc2ccc(F)c([C@]34COC[C@@]3(F)COC(N)=N4)c2)c(F)c1. The molecule has 1 saturated heterocycles. The van der Waals surface area contributed by atoms with Crippen molar-refractivity contribution < 1.29 is 27.8 Å². The van der Waals surface area contributed by atoms with Crippen molar-refractivity contribution in [3.05, 3.63) is 58.9 Å². The molecule has 0 radical (unpaired) electrons. The molecule has 1 unspecified atom stereocenters. The van der Waals surface area contributed by atoms with Gasteiger partial charge in [-0.05, 0) is 24.3 Å². The van der Waals surface area contributed by atoms with Crippen LogP contribution in [0.2, 0.25) is 0 Å². The van der Waals surface area contributed by atoms with Crippen LogP contribution in [0.25, 0.3) is 0 Å². The number of alkyl halides is 1. The van der Waals surface area contributed by atoms with Gasteiger partial charge in [-0.2, -0.15) is 5.26 Å². The van der Waals surface area contributed by atoms with E-state index in [0.717, 1.165) is 18.3 Å². The Morgan fingerprint density at radius 3 is 2.77 bits per heavy atom. The van der Waals surface area contributed by atoms with E-state index in [0.29, 0.717) is 0 Å². The second-order valence-corrected chi connectivity index (χ2v) is 7.00. The molecule has 0 aliphatic carbocycles. The van der Waals surface area contributed by atoms with Gasteiger partial charge in [0.15, 0.2) is 23.3 Å². The number of nitrogens with zero attached hydrogens (tertiary/aromatic N) is 3. The molecular formula is C19H16F3N5O3. The summed E-state index contributed by atoms with van der Waals surface area (Å²) in [4.78, 5) is 7.76. The number of ether oxygens (including phenoxy) is 2. The minimum Gasteiger partial charge on any atom is -0.462 e. The summed E-state index contributed by atoms with van der Waals surface area (Å²) in [6.45, 7) is -1.07. The normalized spacial score (nSPS) is 26.2. The third kappa shape index (κ3) is 3.10. The molecule has 2 aromatic rings. The van der Waals surface area contributed by atoms with Gasteiger partial charge >= 0.3 is 0 Å². The van der Waals surface area contributed by atoms with Gasteiger partial charge in [-0.15, -0.1) is 0 Å².